The number of nitro benzene ring substituents is 1. The van der Waals surface area contributed by atoms with E-state index in [9.17, 15) is 19.7 Å². The molecule has 0 N–H and O–H groups in total. The van der Waals surface area contributed by atoms with Crippen LogP contribution in [0.1, 0.15) is 15.9 Å². The van der Waals surface area contributed by atoms with Crippen molar-refractivity contribution in [2.45, 2.75) is 0 Å². The number of para-hydroxylation sites is 1. The molecule has 0 spiro atoms. The lowest BCUT2D eigenvalue weighted by Crippen LogP contribution is -2.11. The van der Waals surface area contributed by atoms with Crippen LogP contribution in [-0.4, -0.2) is 24.9 Å². The molecule has 1 aromatic heterocycles. The van der Waals surface area contributed by atoms with Crippen LogP contribution in [-0.2, 0) is 0 Å². The van der Waals surface area contributed by atoms with Crippen molar-refractivity contribution >= 4 is 28.5 Å². The number of allylic oxidation sites excluding steroid dienone is 1. The van der Waals surface area contributed by atoms with Crippen molar-refractivity contribution < 1.29 is 23.6 Å². The highest BCUT2D eigenvalue weighted by Gasteiger charge is 2.18. The van der Waals surface area contributed by atoms with Crippen molar-refractivity contribution in [2.24, 2.45) is 0 Å². The first-order valence-electron chi connectivity index (χ1n) is 8.10. The van der Waals surface area contributed by atoms with E-state index in [0.717, 1.165) is 6.08 Å². The largest absolute Gasteiger partial charge is 0.493 e. The van der Waals surface area contributed by atoms with Gasteiger partial charge in [-0.05, 0) is 30.4 Å². The Labute approximate surface area is 158 Å². The zero-order valence-corrected chi connectivity index (χ0v) is 15.0. The van der Waals surface area contributed by atoms with Crippen molar-refractivity contribution in [2.75, 3.05) is 14.2 Å². The number of fused-ring (bicyclic) bond motifs is 1. The number of ether oxygens (including phenoxy) is 2. The molecule has 8 nitrogen and oxygen atoms in total. The number of carbonyl (C=O) groups excluding carboxylic acids is 1. The highest BCUT2D eigenvalue weighted by Crippen LogP contribution is 2.35. The van der Waals surface area contributed by atoms with Gasteiger partial charge in [-0.3, -0.25) is 14.9 Å². The van der Waals surface area contributed by atoms with Gasteiger partial charge in [0.05, 0.1) is 30.8 Å². The molecular weight excluding hydrogens is 366 g/mol. The molecule has 0 saturated carbocycles. The number of hydrogen-bond donors (Lipinski definition) is 0. The lowest BCUT2D eigenvalue weighted by molar-refractivity contribution is -0.385. The Hall–Kier alpha value is -3.94. The summed E-state index contributed by atoms with van der Waals surface area (Å²) in [7, 11) is 2.75. The van der Waals surface area contributed by atoms with Gasteiger partial charge in [0.15, 0.2) is 17.3 Å². The number of benzene rings is 2. The minimum absolute atomic E-state index is 0.126. The topological polar surface area (TPSA) is 109 Å². The highest BCUT2D eigenvalue weighted by atomic mass is 16.6. The summed E-state index contributed by atoms with van der Waals surface area (Å²) in [6.07, 6.45) is 2.33. The molecule has 0 unspecified atom stereocenters. The molecule has 0 amide bonds. The maximum absolute atomic E-state index is 12.5. The Morgan fingerprint density at radius 1 is 1.11 bits per heavy atom. The van der Waals surface area contributed by atoms with E-state index < -0.39 is 16.3 Å². The number of nitro groups is 1. The van der Waals surface area contributed by atoms with Crippen molar-refractivity contribution in [1.29, 1.82) is 0 Å². The number of hydrogen-bond acceptors (Lipinski definition) is 7. The van der Waals surface area contributed by atoms with Crippen molar-refractivity contribution in [3.63, 3.8) is 0 Å². The molecular formula is C20H15NO7. The fourth-order valence-electron chi connectivity index (χ4n) is 2.66. The minimum atomic E-state index is -0.782. The van der Waals surface area contributed by atoms with E-state index in [1.165, 1.54) is 38.5 Å². The van der Waals surface area contributed by atoms with Gasteiger partial charge in [-0.25, -0.2) is 4.79 Å². The van der Waals surface area contributed by atoms with E-state index in [1.54, 1.807) is 24.3 Å². The molecule has 0 bridgehead atoms. The molecule has 0 saturated heterocycles. The summed E-state index contributed by atoms with van der Waals surface area (Å²) in [5.74, 6) is -0.179. The number of ketones is 1. The third kappa shape index (κ3) is 3.61. The van der Waals surface area contributed by atoms with Gasteiger partial charge < -0.3 is 13.9 Å². The Morgan fingerprint density at radius 3 is 2.46 bits per heavy atom. The molecule has 0 aliphatic carbocycles. The van der Waals surface area contributed by atoms with Gasteiger partial charge in [-0.1, -0.05) is 18.2 Å². The van der Waals surface area contributed by atoms with Gasteiger partial charge in [-0.2, -0.15) is 0 Å². The van der Waals surface area contributed by atoms with E-state index in [4.69, 9.17) is 13.9 Å². The summed E-state index contributed by atoms with van der Waals surface area (Å²) >= 11 is 0. The standard InChI is InChI=1S/C20H15NO7/c1-26-18-10-12(15(21(24)25)11-19(18)27-2)7-8-16(22)14-9-13-5-3-4-6-17(13)28-20(14)23/h3-11H,1-2H3/b8-7+. The van der Waals surface area contributed by atoms with Gasteiger partial charge in [0.25, 0.3) is 5.69 Å². The number of rotatable bonds is 6. The predicted molar refractivity (Wildman–Crippen MR) is 102 cm³/mol. The molecule has 0 aliphatic heterocycles. The number of methoxy groups -OCH3 is 2. The van der Waals surface area contributed by atoms with Crippen LogP contribution in [0.15, 0.2) is 57.8 Å². The predicted octanol–water partition coefficient (Wildman–Crippen LogP) is 3.61. The molecule has 0 radical (unpaired) electrons. The van der Waals surface area contributed by atoms with E-state index in [1.807, 2.05) is 0 Å². The van der Waals surface area contributed by atoms with E-state index >= 15 is 0 Å². The summed E-state index contributed by atoms with van der Waals surface area (Å²) in [6, 6.07) is 10.8. The average molecular weight is 381 g/mol. The summed E-state index contributed by atoms with van der Waals surface area (Å²) in [5, 5.41) is 11.9. The van der Waals surface area contributed by atoms with Crippen LogP contribution in [0.3, 0.4) is 0 Å². The second kappa shape index (κ2) is 7.75. The molecule has 28 heavy (non-hydrogen) atoms. The Bertz CT molecular complexity index is 1160. The van der Waals surface area contributed by atoms with E-state index in [0.29, 0.717) is 11.0 Å². The fourth-order valence-corrected chi connectivity index (χ4v) is 2.66. The van der Waals surface area contributed by atoms with Crippen LogP contribution in [0.5, 0.6) is 11.5 Å². The fraction of sp³-hybridized carbons (Fsp3) is 0.100. The molecule has 8 heteroatoms. The van der Waals surface area contributed by atoms with Gasteiger partial charge in [0.2, 0.25) is 0 Å². The maximum Gasteiger partial charge on any atom is 0.347 e. The average Bonchev–Trinajstić information content (AvgIpc) is 2.70. The lowest BCUT2D eigenvalue weighted by Gasteiger charge is -2.08. The maximum atomic E-state index is 12.5. The first-order valence-corrected chi connectivity index (χ1v) is 8.10. The summed E-state index contributed by atoms with van der Waals surface area (Å²) in [6.45, 7) is 0. The van der Waals surface area contributed by atoms with Crippen LogP contribution < -0.4 is 15.1 Å². The molecule has 0 fully saturated rings. The minimum Gasteiger partial charge on any atom is -0.493 e. The van der Waals surface area contributed by atoms with Gasteiger partial charge in [0.1, 0.15) is 11.1 Å². The number of carbonyl (C=O) groups is 1. The zero-order chi connectivity index (χ0) is 20.3. The third-order valence-corrected chi connectivity index (χ3v) is 4.05. The first kappa shape index (κ1) is 18.8. The van der Waals surface area contributed by atoms with E-state index in [-0.39, 0.29) is 28.3 Å². The summed E-state index contributed by atoms with van der Waals surface area (Å²) < 4.78 is 15.3. The van der Waals surface area contributed by atoms with Gasteiger partial charge in [-0.15, -0.1) is 0 Å². The van der Waals surface area contributed by atoms with Crippen molar-refractivity contribution in [1.82, 2.24) is 0 Å². The second-order valence-corrected chi connectivity index (χ2v) is 5.71. The Kier molecular flexibility index (Phi) is 5.21. The smallest absolute Gasteiger partial charge is 0.347 e. The molecule has 0 atom stereocenters. The van der Waals surface area contributed by atoms with Crippen molar-refractivity contribution in [3.8, 4) is 11.5 Å². The summed E-state index contributed by atoms with van der Waals surface area (Å²) in [4.78, 5) is 35.3. The lowest BCUT2D eigenvalue weighted by atomic mass is 10.1. The van der Waals surface area contributed by atoms with Crippen LogP contribution in [0, 0.1) is 10.1 Å². The van der Waals surface area contributed by atoms with Crippen LogP contribution >= 0.6 is 0 Å². The molecule has 2 aromatic carbocycles. The molecule has 3 rings (SSSR count). The number of nitrogens with zero attached hydrogens (tertiary/aromatic N) is 1. The van der Waals surface area contributed by atoms with E-state index in [2.05, 4.69) is 0 Å². The second-order valence-electron chi connectivity index (χ2n) is 5.71. The molecule has 3 aromatic rings. The summed E-state index contributed by atoms with van der Waals surface area (Å²) in [5.41, 5.74) is -0.731. The normalized spacial score (nSPS) is 10.9. The van der Waals surface area contributed by atoms with Gasteiger partial charge in [0, 0.05) is 5.39 Å². The Balaban J connectivity index is 2.02. The van der Waals surface area contributed by atoms with Crippen LogP contribution in [0.4, 0.5) is 5.69 Å². The zero-order valence-electron chi connectivity index (χ0n) is 15.0. The Morgan fingerprint density at radius 2 is 1.79 bits per heavy atom. The third-order valence-electron chi connectivity index (χ3n) is 4.05. The SMILES string of the molecule is COc1cc(/C=C/C(=O)c2cc3ccccc3oc2=O)c([N+](=O)[O-])cc1OC. The van der Waals surface area contributed by atoms with Crippen LogP contribution in [0.2, 0.25) is 0 Å². The monoisotopic (exact) mass is 381 g/mol. The highest BCUT2D eigenvalue weighted by molar-refractivity contribution is 6.08. The first-order chi connectivity index (χ1) is 13.4. The molecule has 0 aliphatic rings. The molecule has 142 valence electrons. The van der Waals surface area contributed by atoms with Crippen molar-refractivity contribution in [3.05, 3.63) is 80.2 Å². The molecule has 1 heterocycles. The van der Waals surface area contributed by atoms with Gasteiger partial charge >= 0.3 is 5.63 Å². The quantitative estimate of drug-likeness (QED) is 0.211. The van der Waals surface area contributed by atoms with Crippen LogP contribution in [0.25, 0.3) is 17.0 Å².